The van der Waals surface area contributed by atoms with Crippen molar-refractivity contribution in [2.75, 3.05) is 19.8 Å². The highest BCUT2D eigenvalue weighted by Gasteiger charge is 2.44. The van der Waals surface area contributed by atoms with Gasteiger partial charge in [-0.25, -0.2) is 0 Å². The van der Waals surface area contributed by atoms with E-state index < -0.39 is 7.26 Å². The minimum atomic E-state index is -1.92. The summed E-state index contributed by atoms with van der Waals surface area (Å²) in [7, 11) is -1.92. The Hall–Kier alpha value is -2.10. The Morgan fingerprint density at radius 2 is 1.38 bits per heavy atom. The lowest BCUT2D eigenvalue weighted by atomic mass is 10.4. The van der Waals surface area contributed by atoms with Gasteiger partial charge in [-0.3, -0.25) is 0 Å². The van der Waals surface area contributed by atoms with Gasteiger partial charge in [0.05, 0.1) is 12.4 Å². The Bertz CT molecular complexity index is 714. The summed E-state index contributed by atoms with van der Waals surface area (Å²) in [5.41, 5.74) is 1.17. The van der Waals surface area contributed by atoms with E-state index in [0.717, 1.165) is 18.4 Å². The molecule has 0 atom stereocenters. The molecule has 0 aromatic heterocycles. The highest BCUT2D eigenvalue weighted by atomic mass is 31.2. The lowest BCUT2D eigenvalue weighted by Crippen LogP contribution is -2.26. The Kier molecular flexibility index (Phi) is 5.03. The Labute approximate surface area is 145 Å². The molecule has 122 valence electrons. The smallest absolute Gasteiger partial charge is 0.198 e. The van der Waals surface area contributed by atoms with Crippen molar-refractivity contribution in [3.8, 4) is 6.07 Å². The van der Waals surface area contributed by atoms with Gasteiger partial charge in [0.1, 0.15) is 23.9 Å². The summed E-state index contributed by atoms with van der Waals surface area (Å²) in [5, 5.41) is 13.6. The van der Waals surface area contributed by atoms with Crippen molar-refractivity contribution in [1.29, 1.82) is 5.26 Å². The molecule has 0 amide bonds. The van der Waals surface area contributed by atoms with Crippen LogP contribution in [0.15, 0.2) is 71.7 Å². The average Bonchev–Trinajstić information content (AvgIpc) is 3.18. The molecule has 0 spiro atoms. The van der Waals surface area contributed by atoms with E-state index in [1.54, 1.807) is 0 Å². The van der Waals surface area contributed by atoms with Crippen molar-refractivity contribution in [3.05, 3.63) is 71.7 Å². The predicted molar refractivity (Wildman–Crippen MR) is 104 cm³/mol. The van der Waals surface area contributed by atoms with E-state index in [1.807, 2.05) is 12.1 Å². The Balaban J connectivity index is 2.21. The molecule has 1 aliphatic rings. The van der Waals surface area contributed by atoms with Gasteiger partial charge >= 0.3 is 0 Å². The van der Waals surface area contributed by atoms with E-state index in [2.05, 4.69) is 73.1 Å². The first-order valence-corrected chi connectivity index (χ1v) is 10.8. The van der Waals surface area contributed by atoms with Gasteiger partial charge in [0.15, 0.2) is 5.31 Å². The van der Waals surface area contributed by atoms with Crippen molar-refractivity contribution >= 4 is 17.9 Å². The second-order valence-corrected chi connectivity index (χ2v) is 9.91. The number of likely N-dealkylation sites (tertiary alicyclic amines) is 1. The minimum absolute atomic E-state index is 0.960. The van der Waals surface area contributed by atoms with E-state index in [4.69, 9.17) is 0 Å². The van der Waals surface area contributed by atoms with Crippen molar-refractivity contribution in [3.63, 3.8) is 0 Å². The highest BCUT2D eigenvalue weighted by Crippen LogP contribution is 2.61. The fourth-order valence-corrected chi connectivity index (χ4v) is 6.91. The number of hydrogen-bond donors (Lipinski definition) is 0. The van der Waals surface area contributed by atoms with Gasteiger partial charge in [0, 0.05) is 13.1 Å². The van der Waals surface area contributed by atoms with E-state index in [0.29, 0.717) is 0 Å². The molecule has 3 rings (SSSR count). The standard InChI is InChI=1S/C21H24N2P/c1-18(23-15-9-10-16-23)21(17-22)24(2,19-11-5-3-6-12-19)20-13-7-4-8-14-20/h3-8,11-14H,9-10,15-16H2,1-2H3/q+1. The van der Waals surface area contributed by atoms with Crippen LogP contribution in [0.25, 0.3) is 0 Å². The number of nitrogens with zero attached hydrogens (tertiary/aromatic N) is 2. The maximum atomic E-state index is 10.1. The summed E-state index contributed by atoms with van der Waals surface area (Å²) in [6, 6.07) is 23.7. The zero-order chi connectivity index (χ0) is 17.0. The van der Waals surface area contributed by atoms with Crippen LogP contribution in [0.1, 0.15) is 19.8 Å². The summed E-state index contributed by atoms with van der Waals surface area (Å²) in [5.74, 6) is 0. The molecule has 1 fully saturated rings. The number of hydrogen-bond acceptors (Lipinski definition) is 2. The summed E-state index contributed by atoms with van der Waals surface area (Å²) < 4.78 is 0. The van der Waals surface area contributed by atoms with E-state index in [9.17, 15) is 5.26 Å². The third-order valence-corrected chi connectivity index (χ3v) is 9.00. The third-order valence-electron chi connectivity index (χ3n) is 5.02. The first-order valence-electron chi connectivity index (χ1n) is 8.52. The molecule has 0 bridgehead atoms. The molecule has 3 heteroatoms. The maximum absolute atomic E-state index is 10.1. The molecule has 0 aliphatic carbocycles. The fourth-order valence-electron chi connectivity index (χ4n) is 3.57. The molecular formula is C21H24N2P+. The largest absolute Gasteiger partial charge is 0.371 e. The van der Waals surface area contributed by atoms with Crippen LogP contribution >= 0.6 is 7.26 Å². The summed E-state index contributed by atoms with van der Waals surface area (Å²) >= 11 is 0. The van der Waals surface area contributed by atoms with Gasteiger partial charge in [0.25, 0.3) is 0 Å². The van der Waals surface area contributed by atoms with Crippen LogP contribution in [0, 0.1) is 11.3 Å². The Morgan fingerprint density at radius 3 is 1.79 bits per heavy atom. The van der Waals surface area contributed by atoms with Crippen LogP contribution in [0.2, 0.25) is 0 Å². The summed E-state index contributed by atoms with van der Waals surface area (Å²) in [6.07, 6.45) is 2.45. The molecule has 0 unspecified atom stereocenters. The molecule has 2 aromatic carbocycles. The van der Waals surface area contributed by atoms with E-state index in [1.165, 1.54) is 29.1 Å². The van der Waals surface area contributed by atoms with Crippen LogP contribution < -0.4 is 10.6 Å². The van der Waals surface area contributed by atoms with Gasteiger partial charge in [-0.2, -0.15) is 5.26 Å². The second-order valence-electron chi connectivity index (χ2n) is 6.42. The first-order chi connectivity index (χ1) is 11.7. The molecule has 1 heterocycles. The van der Waals surface area contributed by atoms with Crippen molar-refractivity contribution in [2.45, 2.75) is 19.8 Å². The molecule has 1 aliphatic heterocycles. The quantitative estimate of drug-likeness (QED) is 0.620. The number of benzene rings is 2. The Morgan fingerprint density at radius 1 is 0.917 bits per heavy atom. The topological polar surface area (TPSA) is 27.0 Å². The number of allylic oxidation sites excluding steroid dienone is 2. The minimum Gasteiger partial charge on any atom is -0.371 e. The van der Waals surface area contributed by atoms with E-state index >= 15 is 0 Å². The number of nitriles is 1. The highest BCUT2D eigenvalue weighted by molar-refractivity contribution is 7.92. The van der Waals surface area contributed by atoms with Crippen molar-refractivity contribution in [2.24, 2.45) is 0 Å². The van der Waals surface area contributed by atoms with Crippen LogP contribution in [0.5, 0.6) is 0 Å². The van der Waals surface area contributed by atoms with Gasteiger partial charge in [-0.05, 0) is 44.0 Å². The van der Waals surface area contributed by atoms with Gasteiger partial charge in [-0.1, -0.05) is 36.4 Å². The molecule has 2 nitrogen and oxygen atoms in total. The lowest BCUT2D eigenvalue weighted by molar-refractivity contribution is 0.427. The normalized spacial score (nSPS) is 15.8. The average molecular weight is 335 g/mol. The SMILES string of the molecule is CC(=C(C#N)[P+](C)(c1ccccc1)c1ccccc1)N1CCCC1. The van der Waals surface area contributed by atoms with Crippen LogP contribution in [-0.4, -0.2) is 24.7 Å². The van der Waals surface area contributed by atoms with Gasteiger partial charge in [-0.15, -0.1) is 0 Å². The summed E-state index contributed by atoms with van der Waals surface area (Å²) in [6.45, 7) is 6.56. The van der Waals surface area contributed by atoms with E-state index in [-0.39, 0.29) is 0 Å². The summed E-state index contributed by atoms with van der Waals surface area (Å²) in [4.78, 5) is 2.39. The lowest BCUT2D eigenvalue weighted by Gasteiger charge is -2.26. The molecule has 0 radical (unpaired) electrons. The van der Waals surface area contributed by atoms with Crippen molar-refractivity contribution in [1.82, 2.24) is 4.90 Å². The zero-order valence-electron chi connectivity index (χ0n) is 14.4. The molecular weight excluding hydrogens is 311 g/mol. The molecule has 24 heavy (non-hydrogen) atoms. The molecule has 0 N–H and O–H groups in total. The maximum Gasteiger partial charge on any atom is 0.198 e. The predicted octanol–water partition coefficient (Wildman–Crippen LogP) is 4.14. The van der Waals surface area contributed by atoms with Crippen molar-refractivity contribution < 1.29 is 0 Å². The molecule has 2 aromatic rings. The van der Waals surface area contributed by atoms with Crippen LogP contribution in [-0.2, 0) is 0 Å². The van der Waals surface area contributed by atoms with Crippen LogP contribution in [0.3, 0.4) is 0 Å². The zero-order valence-corrected chi connectivity index (χ0v) is 15.3. The fraction of sp³-hybridized carbons (Fsp3) is 0.286. The molecule has 0 saturated carbocycles. The third kappa shape index (κ3) is 2.97. The second kappa shape index (κ2) is 7.20. The van der Waals surface area contributed by atoms with Gasteiger partial charge in [0.2, 0.25) is 0 Å². The number of rotatable bonds is 4. The first kappa shape index (κ1) is 16.7. The molecule has 1 saturated heterocycles. The van der Waals surface area contributed by atoms with Gasteiger partial charge < -0.3 is 4.90 Å². The monoisotopic (exact) mass is 335 g/mol. The van der Waals surface area contributed by atoms with Crippen LogP contribution in [0.4, 0.5) is 0 Å².